The molecule has 176 valence electrons. The minimum atomic E-state index is -5.81. The summed E-state index contributed by atoms with van der Waals surface area (Å²) in [7, 11) is 0. The van der Waals surface area contributed by atoms with Gasteiger partial charge in [0, 0.05) is 0 Å². The lowest BCUT2D eigenvalue weighted by molar-refractivity contribution is -0.294. The van der Waals surface area contributed by atoms with E-state index in [-0.39, 0.29) is 18.3 Å². The number of alkyl halides is 5. The van der Waals surface area contributed by atoms with Crippen molar-refractivity contribution in [2.24, 2.45) is 5.41 Å². The number of esters is 2. The van der Waals surface area contributed by atoms with Crippen LogP contribution >= 0.6 is 0 Å². The number of carbonyl (C=O) groups excluding carboxylic acids is 2. The van der Waals surface area contributed by atoms with E-state index in [1.54, 1.807) is 44.2 Å². The number of hydrogen-bond acceptors (Lipinski definition) is 5. The van der Waals surface area contributed by atoms with Gasteiger partial charge in [0.2, 0.25) is 0 Å². The van der Waals surface area contributed by atoms with Gasteiger partial charge >= 0.3 is 24.0 Å². The van der Waals surface area contributed by atoms with Crippen molar-refractivity contribution in [1.82, 2.24) is 0 Å². The molecule has 0 fully saturated rings. The quantitative estimate of drug-likeness (QED) is 0.367. The zero-order chi connectivity index (χ0) is 24.2. The van der Waals surface area contributed by atoms with Crippen LogP contribution in [-0.4, -0.2) is 37.3 Å². The van der Waals surface area contributed by atoms with Gasteiger partial charge in [-0.1, -0.05) is 25.1 Å². The van der Waals surface area contributed by atoms with Gasteiger partial charge in [-0.3, -0.25) is 4.79 Å². The minimum Gasteiger partial charge on any atom is -0.482 e. The van der Waals surface area contributed by atoms with Crippen molar-refractivity contribution >= 4 is 22.7 Å². The summed E-state index contributed by atoms with van der Waals surface area (Å²) in [5.41, 5.74) is 0.188. The molecule has 0 aromatic heterocycles. The van der Waals surface area contributed by atoms with Gasteiger partial charge in [0.15, 0.2) is 13.2 Å². The van der Waals surface area contributed by atoms with Crippen LogP contribution < -0.4 is 4.74 Å². The first-order valence-electron chi connectivity index (χ1n) is 9.68. The highest BCUT2D eigenvalue weighted by molar-refractivity contribution is 5.84. The van der Waals surface area contributed by atoms with E-state index >= 15 is 0 Å². The van der Waals surface area contributed by atoms with Crippen LogP contribution in [0, 0.1) is 5.41 Å². The van der Waals surface area contributed by atoms with E-state index in [2.05, 4.69) is 4.74 Å². The lowest BCUT2D eigenvalue weighted by atomic mass is 9.91. The summed E-state index contributed by atoms with van der Waals surface area (Å²) in [4.78, 5) is 23.5. The minimum absolute atomic E-state index is 0.102. The van der Waals surface area contributed by atoms with Crippen LogP contribution in [0.2, 0.25) is 0 Å². The molecule has 2 aromatic carbocycles. The topological polar surface area (TPSA) is 61.8 Å². The molecule has 10 heteroatoms. The summed E-state index contributed by atoms with van der Waals surface area (Å²) in [6, 6.07) is 10.00. The number of fused-ring (bicyclic) bond motifs is 1. The highest BCUT2D eigenvalue weighted by Gasteiger charge is 2.58. The number of halogens is 5. The lowest BCUT2D eigenvalue weighted by Crippen LogP contribution is -2.41. The third-order valence-electron chi connectivity index (χ3n) is 4.87. The second kappa shape index (κ2) is 9.70. The van der Waals surface area contributed by atoms with Gasteiger partial charge in [0.25, 0.3) is 0 Å². The number of hydrogen-bond donors (Lipinski definition) is 0. The summed E-state index contributed by atoms with van der Waals surface area (Å²) >= 11 is 0. The first-order valence-corrected chi connectivity index (χ1v) is 9.68. The fourth-order valence-corrected chi connectivity index (χ4v) is 2.38. The smallest absolute Gasteiger partial charge is 0.456 e. The molecule has 0 N–H and O–H groups in total. The fourth-order valence-electron chi connectivity index (χ4n) is 2.38. The van der Waals surface area contributed by atoms with Crippen LogP contribution in [0.1, 0.15) is 32.8 Å². The Balaban J connectivity index is 1.93. The van der Waals surface area contributed by atoms with Crippen molar-refractivity contribution < 1.29 is 45.8 Å². The van der Waals surface area contributed by atoms with E-state index in [1.165, 1.54) is 6.07 Å². The molecule has 0 aliphatic carbocycles. The predicted molar refractivity (Wildman–Crippen MR) is 105 cm³/mol. The molecule has 0 radical (unpaired) electrons. The van der Waals surface area contributed by atoms with Crippen LogP contribution in [0.3, 0.4) is 0 Å². The number of benzene rings is 2. The van der Waals surface area contributed by atoms with E-state index in [1.807, 2.05) is 6.92 Å². The molecule has 2 rings (SSSR count). The second-order valence-corrected chi connectivity index (χ2v) is 7.81. The van der Waals surface area contributed by atoms with Gasteiger partial charge in [-0.25, -0.2) is 4.79 Å². The molecule has 0 bridgehead atoms. The summed E-state index contributed by atoms with van der Waals surface area (Å²) in [5.74, 6) is -6.60. The van der Waals surface area contributed by atoms with Crippen LogP contribution in [0.25, 0.3) is 10.8 Å². The molecule has 0 unspecified atom stereocenters. The summed E-state index contributed by atoms with van der Waals surface area (Å²) in [6.07, 6.45) is -5.17. The Morgan fingerprint density at radius 1 is 0.906 bits per heavy atom. The molecule has 0 spiro atoms. The standard InChI is InChI=1S/C22H23F5O5/c1-4-20(2,3)19(29)31-11-14-5-6-16-10-17(8-7-15(16)9-14)30-12-18(28)32-13-21(23,24)22(25,26)27/h5-10H,4,11-13H2,1-3H3. The molecule has 0 amide bonds. The van der Waals surface area contributed by atoms with Crippen molar-refractivity contribution in [3.8, 4) is 5.75 Å². The highest BCUT2D eigenvalue weighted by Crippen LogP contribution is 2.35. The van der Waals surface area contributed by atoms with Crippen LogP contribution in [-0.2, 0) is 25.7 Å². The molecular formula is C22H23F5O5. The zero-order valence-electron chi connectivity index (χ0n) is 17.7. The van der Waals surface area contributed by atoms with E-state index in [0.717, 1.165) is 10.9 Å². The Hall–Kier alpha value is -2.91. The first-order chi connectivity index (χ1) is 14.7. The first kappa shape index (κ1) is 25.4. The maximum Gasteiger partial charge on any atom is 0.456 e. The van der Waals surface area contributed by atoms with Gasteiger partial charge in [-0.15, -0.1) is 0 Å². The maximum atomic E-state index is 12.8. The largest absolute Gasteiger partial charge is 0.482 e. The third kappa shape index (κ3) is 6.54. The Bertz CT molecular complexity index is 969. The molecule has 0 heterocycles. The monoisotopic (exact) mass is 462 g/mol. The van der Waals surface area contributed by atoms with E-state index < -0.39 is 36.7 Å². The van der Waals surface area contributed by atoms with Crippen LogP contribution in [0.15, 0.2) is 36.4 Å². The third-order valence-corrected chi connectivity index (χ3v) is 4.87. The lowest BCUT2D eigenvalue weighted by Gasteiger charge is -2.20. The average Bonchev–Trinajstić information content (AvgIpc) is 2.73. The molecule has 0 saturated heterocycles. The summed E-state index contributed by atoms with van der Waals surface area (Å²) in [6.45, 7) is 2.66. The van der Waals surface area contributed by atoms with Gasteiger partial charge in [-0.2, -0.15) is 22.0 Å². The Morgan fingerprint density at radius 3 is 2.16 bits per heavy atom. The Labute approximate surface area is 181 Å². The van der Waals surface area contributed by atoms with Crippen molar-refractivity contribution in [2.75, 3.05) is 13.2 Å². The fraction of sp³-hybridized carbons (Fsp3) is 0.455. The van der Waals surface area contributed by atoms with Gasteiger partial charge < -0.3 is 14.2 Å². The van der Waals surface area contributed by atoms with Crippen molar-refractivity contribution in [3.63, 3.8) is 0 Å². The SMILES string of the molecule is CCC(C)(C)C(=O)OCc1ccc2cc(OCC(=O)OCC(F)(F)C(F)(F)F)ccc2c1. The zero-order valence-corrected chi connectivity index (χ0v) is 17.7. The van der Waals surface area contributed by atoms with E-state index in [0.29, 0.717) is 11.8 Å². The highest BCUT2D eigenvalue weighted by atomic mass is 19.4. The van der Waals surface area contributed by atoms with E-state index in [9.17, 15) is 31.5 Å². The van der Waals surface area contributed by atoms with Crippen LogP contribution in [0.4, 0.5) is 22.0 Å². The molecule has 0 saturated carbocycles. The Morgan fingerprint density at radius 2 is 1.53 bits per heavy atom. The molecule has 5 nitrogen and oxygen atoms in total. The average molecular weight is 462 g/mol. The molecule has 0 atom stereocenters. The molecular weight excluding hydrogens is 439 g/mol. The van der Waals surface area contributed by atoms with Gasteiger partial charge in [0.05, 0.1) is 5.41 Å². The van der Waals surface area contributed by atoms with Gasteiger partial charge in [-0.05, 0) is 54.8 Å². The second-order valence-electron chi connectivity index (χ2n) is 7.81. The number of carbonyl (C=O) groups is 2. The van der Waals surface area contributed by atoms with E-state index in [4.69, 9.17) is 9.47 Å². The number of ether oxygens (including phenoxy) is 3. The summed E-state index contributed by atoms with van der Waals surface area (Å²) in [5, 5.41) is 1.50. The Kier molecular flexibility index (Phi) is 7.69. The summed E-state index contributed by atoms with van der Waals surface area (Å²) < 4.78 is 76.2. The molecule has 0 aliphatic heterocycles. The molecule has 32 heavy (non-hydrogen) atoms. The van der Waals surface area contributed by atoms with Crippen molar-refractivity contribution in [2.45, 2.75) is 45.9 Å². The molecule has 2 aromatic rings. The maximum absolute atomic E-state index is 12.8. The van der Waals surface area contributed by atoms with Crippen molar-refractivity contribution in [3.05, 3.63) is 42.0 Å². The predicted octanol–water partition coefficient (Wildman–Crippen LogP) is 5.44. The van der Waals surface area contributed by atoms with Crippen LogP contribution in [0.5, 0.6) is 5.75 Å². The van der Waals surface area contributed by atoms with Crippen molar-refractivity contribution in [1.29, 1.82) is 0 Å². The molecule has 0 aliphatic rings. The van der Waals surface area contributed by atoms with Gasteiger partial charge in [0.1, 0.15) is 12.4 Å². The number of rotatable bonds is 9. The normalized spacial score (nSPS) is 12.5.